The number of rotatable bonds is 10. The maximum atomic E-state index is 12.9. The smallest absolute Gasteiger partial charge is 0.258 e. The van der Waals surface area contributed by atoms with Crippen LogP contribution >= 0.6 is 0 Å². The average molecular weight is 529 g/mol. The number of ether oxygens (including phenoxy) is 2. The summed E-state index contributed by atoms with van der Waals surface area (Å²) in [6.07, 6.45) is 5.40. The van der Waals surface area contributed by atoms with E-state index in [9.17, 15) is 13.2 Å². The molecule has 0 unspecified atom stereocenters. The molecule has 9 nitrogen and oxygen atoms in total. The molecule has 1 saturated heterocycles. The third-order valence-electron chi connectivity index (χ3n) is 6.84. The van der Waals surface area contributed by atoms with Gasteiger partial charge in [0.15, 0.2) is 11.5 Å². The Hall–Kier alpha value is -3.24. The molecule has 4 rings (SSSR count). The Kier molecular flexibility index (Phi) is 8.29. The first kappa shape index (κ1) is 26.8. The van der Waals surface area contributed by atoms with Crippen LogP contribution in [0.3, 0.4) is 0 Å². The lowest BCUT2D eigenvalue weighted by atomic mass is 10.0. The van der Waals surface area contributed by atoms with Gasteiger partial charge in [-0.3, -0.25) is 9.10 Å². The van der Waals surface area contributed by atoms with E-state index in [2.05, 4.69) is 15.5 Å². The van der Waals surface area contributed by atoms with Crippen LogP contribution < -0.4 is 24.4 Å². The Bertz CT molecular complexity index is 1270. The van der Waals surface area contributed by atoms with Crippen molar-refractivity contribution in [1.29, 1.82) is 0 Å². The number of hydrogen-bond donors (Lipinski definition) is 2. The van der Waals surface area contributed by atoms with E-state index in [4.69, 9.17) is 9.47 Å². The zero-order chi connectivity index (χ0) is 26.6. The van der Waals surface area contributed by atoms with Crippen LogP contribution in [0, 0.1) is 0 Å². The Labute approximate surface area is 219 Å². The number of allylic oxidation sites excluding steroid dienone is 1. The Morgan fingerprint density at radius 2 is 1.70 bits per heavy atom. The number of fused-ring (bicyclic) bond motifs is 1. The summed E-state index contributed by atoms with van der Waals surface area (Å²) < 4.78 is 37.4. The van der Waals surface area contributed by atoms with Crippen molar-refractivity contribution in [2.75, 3.05) is 61.6 Å². The summed E-state index contributed by atoms with van der Waals surface area (Å²) in [4.78, 5) is 15.2. The van der Waals surface area contributed by atoms with Crippen LogP contribution in [0.25, 0.3) is 5.57 Å². The van der Waals surface area contributed by atoms with Gasteiger partial charge in [-0.1, -0.05) is 13.3 Å². The number of piperidine rings is 1. The van der Waals surface area contributed by atoms with Crippen LogP contribution in [0.4, 0.5) is 17.1 Å². The monoisotopic (exact) mass is 528 g/mol. The highest BCUT2D eigenvalue weighted by atomic mass is 32.2. The van der Waals surface area contributed by atoms with Gasteiger partial charge in [-0.15, -0.1) is 0 Å². The van der Waals surface area contributed by atoms with Crippen molar-refractivity contribution < 1.29 is 22.7 Å². The molecule has 2 heterocycles. The molecule has 0 aromatic heterocycles. The predicted octanol–water partition coefficient (Wildman–Crippen LogP) is 4.14. The summed E-state index contributed by atoms with van der Waals surface area (Å²) in [5, 5.41) is 6.27. The number of anilines is 3. The van der Waals surface area contributed by atoms with Crippen molar-refractivity contribution in [3.63, 3.8) is 0 Å². The lowest BCUT2D eigenvalue weighted by Crippen LogP contribution is -2.40. The molecule has 0 saturated carbocycles. The average Bonchev–Trinajstić information content (AvgIpc) is 3.21. The summed E-state index contributed by atoms with van der Waals surface area (Å²) in [7, 11) is -0.309. The fourth-order valence-electron chi connectivity index (χ4n) is 4.91. The molecule has 2 aromatic rings. The molecule has 10 heteroatoms. The molecule has 2 aliphatic rings. The highest BCUT2D eigenvalue weighted by molar-refractivity contribution is 7.92. The van der Waals surface area contributed by atoms with Crippen molar-refractivity contribution >= 4 is 38.6 Å². The van der Waals surface area contributed by atoms with E-state index in [1.54, 1.807) is 38.5 Å². The Morgan fingerprint density at radius 3 is 2.30 bits per heavy atom. The van der Waals surface area contributed by atoms with Crippen molar-refractivity contribution in [2.24, 2.45) is 0 Å². The number of hydrogen-bond acceptors (Lipinski definition) is 7. The van der Waals surface area contributed by atoms with Gasteiger partial charge >= 0.3 is 0 Å². The lowest BCUT2D eigenvalue weighted by Gasteiger charge is -2.30. The largest absolute Gasteiger partial charge is 0.493 e. The van der Waals surface area contributed by atoms with Crippen LogP contribution in [-0.2, 0) is 14.8 Å². The molecule has 37 heavy (non-hydrogen) atoms. The number of carbonyl (C=O) groups excluding carboxylic acids is 1. The first-order valence-electron chi connectivity index (χ1n) is 12.6. The van der Waals surface area contributed by atoms with Gasteiger partial charge in [-0.05, 0) is 62.7 Å². The number of nitrogens with one attached hydrogen (secondary N) is 2. The van der Waals surface area contributed by atoms with Gasteiger partial charge < -0.3 is 25.0 Å². The molecule has 0 spiro atoms. The number of nitrogens with zero attached hydrogens (tertiary/aromatic N) is 2. The number of sulfonamides is 1. The maximum Gasteiger partial charge on any atom is 0.258 e. The molecular formula is C27H36N4O5S. The molecule has 2 N–H and O–H groups in total. The van der Waals surface area contributed by atoms with Gasteiger partial charge in [-0.2, -0.15) is 0 Å². The fourth-order valence-corrected chi connectivity index (χ4v) is 5.83. The summed E-state index contributed by atoms with van der Waals surface area (Å²) in [5.74, 6) is 0.882. The predicted molar refractivity (Wildman–Crippen MR) is 148 cm³/mol. The molecule has 0 aliphatic carbocycles. The van der Waals surface area contributed by atoms with Crippen LogP contribution in [0.15, 0.2) is 42.1 Å². The van der Waals surface area contributed by atoms with Crippen LogP contribution in [0.1, 0.15) is 38.2 Å². The van der Waals surface area contributed by atoms with Crippen LogP contribution in [0.2, 0.25) is 0 Å². The number of carbonyl (C=O) groups is 1. The summed E-state index contributed by atoms with van der Waals surface area (Å²) in [5.41, 5.74) is 4.08. The third kappa shape index (κ3) is 6.02. The summed E-state index contributed by atoms with van der Waals surface area (Å²) in [6.45, 7) is 5.14. The second kappa shape index (κ2) is 11.4. The fraction of sp³-hybridized carbons (Fsp3) is 0.444. The topological polar surface area (TPSA) is 100 Å². The quantitative estimate of drug-likeness (QED) is 0.447. The minimum absolute atomic E-state index is 0.202. The van der Waals surface area contributed by atoms with Crippen molar-refractivity contribution in [2.45, 2.75) is 32.6 Å². The van der Waals surface area contributed by atoms with Gasteiger partial charge in [0.1, 0.15) is 0 Å². The highest BCUT2D eigenvalue weighted by Crippen LogP contribution is 2.42. The third-order valence-corrected chi connectivity index (χ3v) is 8.04. The normalized spacial score (nSPS) is 17.1. The van der Waals surface area contributed by atoms with Gasteiger partial charge in [-0.25, -0.2) is 8.42 Å². The van der Waals surface area contributed by atoms with Crippen LogP contribution in [-0.4, -0.2) is 65.9 Å². The van der Waals surface area contributed by atoms with E-state index in [-0.39, 0.29) is 5.91 Å². The minimum atomic E-state index is -3.42. The Morgan fingerprint density at radius 1 is 1.05 bits per heavy atom. The molecule has 1 fully saturated rings. The van der Waals surface area contributed by atoms with E-state index in [0.29, 0.717) is 48.0 Å². The van der Waals surface area contributed by atoms with Gasteiger partial charge in [0, 0.05) is 36.1 Å². The molecule has 1 amide bonds. The minimum Gasteiger partial charge on any atom is -0.493 e. The zero-order valence-electron chi connectivity index (χ0n) is 22.0. The van der Waals surface area contributed by atoms with Crippen molar-refractivity contribution in [3.05, 3.63) is 47.7 Å². The molecular weight excluding hydrogens is 492 g/mol. The standard InChI is InChI=1S/C27H36N4O5S/c1-5-22(26-21-17-24(35-2)25(36-3)18-23(21)29-27(26)32)28-19-9-11-20(12-10-19)31(37(4,33)34)16-15-30-13-7-6-8-14-30/h9-12,17-18,28H,5-8,13-16H2,1-4H3,(H,29,32)/b26-22-. The lowest BCUT2D eigenvalue weighted by molar-refractivity contribution is -0.110. The van der Waals surface area contributed by atoms with Crippen molar-refractivity contribution in [3.8, 4) is 11.5 Å². The van der Waals surface area contributed by atoms with Gasteiger partial charge in [0.25, 0.3) is 5.91 Å². The van der Waals surface area contributed by atoms with Gasteiger partial charge in [0.2, 0.25) is 10.0 Å². The Balaban J connectivity index is 1.56. The second-order valence-electron chi connectivity index (χ2n) is 9.32. The summed E-state index contributed by atoms with van der Waals surface area (Å²) >= 11 is 0. The molecule has 0 bridgehead atoms. The molecule has 0 atom stereocenters. The number of amides is 1. The SMILES string of the molecule is CC/C(Nc1ccc(N(CCN2CCCCC2)S(C)(=O)=O)cc1)=C1/C(=O)Nc2cc(OC)c(OC)cc21. The maximum absolute atomic E-state index is 12.9. The molecule has 2 aromatic carbocycles. The first-order chi connectivity index (χ1) is 17.7. The van der Waals surface area contributed by atoms with Crippen molar-refractivity contribution in [1.82, 2.24) is 4.90 Å². The molecule has 2 aliphatic heterocycles. The van der Waals surface area contributed by atoms with E-state index < -0.39 is 10.0 Å². The number of benzene rings is 2. The summed E-state index contributed by atoms with van der Waals surface area (Å²) in [6, 6.07) is 10.8. The first-order valence-corrected chi connectivity index (χ1v) is 14.5. The molecule has 0 radical (unpaired) electrons. The van der Waals surface area contributed by atoms with Gasteiger partial charge in [0.05, 0.1) is 37.4 Å². The number of methoxy groups -OCH3 is 2. The molecule has 200 valence electrons. The van der Waals surface area contributed by atoms with E-state index in [1.807, 2.05) is 19.1 Å². The van der Waals surface area contributed by atoms with E-state index in [0.717, 1.165) is 42.9 Å². The number of likely N-dealkylation sites (tertiary alicyclic amines) is 1. The van der Waals surface area contributed by atoms with E-state index in [1.165, 1.54) is 17.0 Å². The van der Waals surface area contributed by atoms with Crippen LogP contribution in [0.5, 0.6) is 11.5 Å². The highest BCUT2D eigenvalue weighted by Gasteiger charge is 2.29. The zero-order valence-corrected chi connectivity index (χ0v) is 22.8. The second-order valence-corrected chi connectivity index (χ2v) is 11.2. The van der Waals surface area contributed by atoms with E-state index >= 15 is 0 Å².